The predicted molar refractivity (Wildman–Crippen MR) is 76.8 cm³/mol. The van der Waals surface area contributed by atoms with Gasteiger partial charge < -0.3 is 14.4 Å². The number of carboxylic acids is 1. The number of ether oxygens (including phenoxy) is 1. The van der Waals surface area contributed by atoms with Gasteiger partial charge in [0.15, 0.2) is 0 Å². The molecule has 0 aliphatic heterocycles. The highest BCUT2D eigenvalue weighted by Gasteiger charge is 2.10. The van der Waals surface area contributed by atoms with Gasteiger partial charge in [0.05, 0.1) is 23.9 Å². The van der Waals surface area contributed by atoms with E-state index in [-0.39, 0.29) is 5.56 Å². The summed E-state index contributed by atoms with van der Waals surface area (Å²) >= 11 is 0. The van der Waals surface area contributed by atoms with E-state index in [1.807, 2.05) is 47.2 Å². The molecule has 100 valence electrons. The van der Waals surface area contributed by atoms with E-state index in [4.69, 9.17) is 9.84 Å². The number of carbonyl (C=O) groups is 1. The molecular formula is C16H13NO3. The lowest BCUT2D eigenvalue weighted by Crippen LogP contribution is -1.98. The van der Waals surface area contributed by atoms with Gasteiger partial charge in [-0.3, -0.25) is 0 Å². The van der Waals surface area contributed by atoms with Crippen LogP contribution in [0.5, 0.6) is 5.75 Å². The molecule has 1 N–H and O–H groups in total. The van der Waals surface area contributed by atoms with Crippen molar-refractivity contribution in [1.29, 1.82) is 0 Å². The fourth-order valence-electron chi connectivity index (χ4n) is 2.31. The van der Waals surface area contributed by atoms with Crippen LogP contribution in [0.3, 0.4) is 0 Å². The third-order valence-corrected chi connectivity index (χ3v) is 3.28. The summed E-state index contributed by atoms with van der Waals surface area (Å²) in [6.45, 7) is 0. The molecule has 4 nitrogen and oxygen atoms in total. The highest BCUT2D eigenvalue weighted by Crippen LogP contribution is 2.27. The van der Waals surface area contributed by atoms with Crippen molar-refractivity contribution in [3.8, 4) is 11.4 Å². The lowest BCUT2D eigenvalue weighted by Gasteiger charge is -2.10. The second kappa shape index (κ2) is 4.74. The van der Waals surface area contributed by atoms with E-state index in [0.717, 1.165) is 22.3 Å². The van der Waals surface area contributed by atoms with Crippen LogP contribution >= 0.6 is 0 Å². The molecule has 1 heterocycles. The van der Waals surface area contributed by atoms with Crippen molar-refractivity contribution in [3.63, 3.8) is 0 Å². The van der Waals surface area contributed by atoms with Gasteiger partial charge >= 0.3 is 5.97 Å². The second-order valence-corrected chi connectivity index (χ2v) is 4.44. The largest absolute Gasteiger partial charge is 0.495 e. The first kappa shape index (κ1) is 12.3. The average molecular weight is 267 g/mol. The first-order chi connectivity index (χ1) is 9.70. The fourth-order valence-corrected chi connectivity index (χ4v) is 2.31. The first-order valence-electron chi connectivity index (χ1n) is 6.18. The lowest BCUT2D eigenvalue weighted by atomic mass is 10.1. The van der Waals surface area contributed by atoms with Crippen LogP contribution in [0.2, 0.25) is 0 Å². The lowest BCUT2D eigenvalue weighted by molar-refractivity contribution is 0.0697. The van der Waals surface area contributed by atoms with Crippen molar-refractivity contribution in [1.82, 2.24) is 4.57 Å². The summed E-state index contributed by atoms with van der Waals surface area (Å²) in [6.07, 6.45) is 1.91. The molecule has 0 bridgehead atoms. The molecule has 0 saturated heterocycles. The normalized spacial score (nSPS) is 10.7. The van der Waals surface area contributed by atoms with E-state index in [2.05, 4.69) is 0 Å². The van der Waals surface area contributed by atoms with E-state index in [9.17, 15) is 4.79 Å². The van der Waals surface area contributed by atoms with Gasteiger partial charge in [0.25, 0.3) is 0 Å². The zero-order chi connectivity index (χ0) is 14.1. The molecule has 0 fully saturated rings. The molecule has 1 aromatic heterocycles. The Balaban J connectivity index is 2.20. The van der Waals surface area contributed by atoms with Crippen molar-refractivity contribution in [2.24, 2.45) is 0 Å². The maximum absolute atomic E-state index is 11.0. The minimum atomic E-state index is -0.919. The van der Waals surface area contributed by atoms with Crippen LogP contribution in [0, 0.1) is 0 Å². The quantitative estimate of drug-likeness (QED) is 0.791. The topological polar surface area (TPSA) is 51.5 Å². The van der Waals surface area contributed by atoms with Crippen LogP contribution < -0.4 is 4.74 Å². The van der Waals surface area contributed by atoms with Crippen LogP contribution in [0.25, 0.3) is 16.6 Å². The Kier molecular flexibility index (Phi) is 2.91. The zero-order valence-corrected chi connectivity index (χ0v) is 10.9. The Morgan fingerprint density at radius 1 is 1.15 bits per heavy atom. The Hall–Kier alpha value is -2.75. The molecule has 2 aromatic carbocycles. The van der Waals surface area contributed by atoms with Crippen LogP contribution in [-0.2, 0) is 0 Å². The van der Waals surface area contributed by atoms with Gasteiger partial charge in [-0.1, -0.05) is 12.1 Å². The third-order valence-electron chi connectivity index (χ3n) is 3.28. The molecule has 3 rings (SSSR count). The molecule has 3 aromatic rings. The molecule has 4 heteroatoms. The van der Waals surface area contributed by atoms with Crippen molar-refractivity contribution in [2.45, 2.75) is 0 Å². The maximum Gasteiger partial charge on any atom is 0.335 e. The summed E-state index contributed by atoms with van der Waals surface area (Å²) in [5.41, 5.74) is 2.16. The van der Waals surface area contributed by atoms with Crippen molar-refractivity contribution in [3.05, 3.63) is 60.3 Å². The van der Waals surface area contributed by atoms with Crippen molar-refractivity contribution in [2.75, 3.05) is 7.11 Å². The van der Waals surface area contributed by atoms with E-state index < -0.39 is 5.97 Å². The van der Waals surface area contributed by atoms with Crippen LogP contribution in [0.4, 0.5) is 0 Å². The molecule has 0 aliphatic carbocycles. The standard InChI is InChI=1S/C16H13NO3/c1-20-15-5-3-2-4-14(15)17-9-8-11-10-12(16(18)19)6-7-13(11)17/h2-10H,1H3,(H,18,19). The van der Waals surface area contributed by atoms with Gasteiger partial charge in [-0.15, -0.1) is 0 Å². The molecule has 0 spiro atoms. The van der Waals surface area contributed by atoms with E-state index in [0.29, 0.717) is 0 Å². The third kappa shape index (κ3) is 1.91. The summed E-state index contributed by atoms with van der Waals surface area (Å²) in [5.74, 6) is -0.149. The summed E-state index contributed by atoms with van der Waals surface area (Å²) in [4.78, 5) is 11.0. The molecular weight excluding hydrogens is 254 g/mol. The van der Waals surface area contributed by atoms with Crippen LogP contribution in [0.15, 0.2) is 54.7 Å². The number of benzene rings is 2. The Morgan fingerprint density at radius 3 is 2.70 bits per heavy atom. The van der Waals surface area contributed by atoms with E-state index in [1.165, 1.54) is 0 Å². The van der Waals surface area contributed by atoms with Gasteiger partial charge in [0.1, 0.15) is 5.75 Å². The maximum atomic E-state index is 11.0. The summed E-state index contributed by atoms with van der Waals surface area (Å²) < 4.78 is 7.35. The number of hydrogen-bond donors (Lipinski definition) is 1. The van der Waals surface area contributed by atoms with Crippen LogP contribution in [-0.4, -0.2) is 22.8 Å². The van der Waals surface area contributed by atoms with Crippen molar-refractivity contribution < 1.29 is 14.6 Å². The molecule has 0 atom stereocenters. The smallest absolute Gasteiger partial charge is 0.335 e. The van der Waals surface area contributed by atoms with Gasteiger partial charge in [0.2, 0.25) is 0 Å². The van der Waals surface area contributed by atoms with E-state index in [1.54, 1.807) is 19.2 Å². The van der Waals surface area contributed by atoms with Crippen LogP contribution in [0.1, 0.15) is 10.4 Å². The second-order valence-electron chi connectivity index (χ2n) is 4.44. The molecule has 0 saturated carbocycles. The number of methoxy groups -OCH3 is 1. The van der Waals surface area contributed by atoms with Crippen molar-refractivity contribution >= 4 is 16.9 Å². The number of aromatic carboxylic acids is 1. The monoisotopic (exact) mass is 267 g/mol. The highest BCUT2D eigenvalue weighted by atomic mass is 16.5. The van der Waals surface area contributed by atoms with E-state index >= 15 is 0 Å². The molecule has 0 radical (unpaired) electrons. The SMILES string of the molecule is COc1ccccc1-n1ccc2cc(C(=O)O)ccc21. The minimum absolute atomic E-state index is 0.287. The fraction of sp³-hybridized carbons (Fsp3) is 0.0625. The number of hydrogen-bond acceptors (Lipinski definition) is 2. The van der Waals surface area contributed by atoms with Gasteiger partial charge in [-0.05, 0) is 36.4 Å². The molecule has 0 aliphatic rings. The summed E-state index contributed by atoms with van der Waals surface area (Å²) in [6, 6.07) is 14.7. The summed E-state index contributed by atoms with van der Waals surface area (Å²) in [7, 11) is 1.63. The zero-order valence-electron chi connectivity index (χ0n) is 10.9. The number of carboxylic acid groups (broad SMARTS) is 1. The van der Waals surface area contributed by atoms with Gasteiger partial charge in [0, 0.05) is 11.6 Å². The minimum Gasteiger partial charge on any atom is -0.495 e. The Bertz CT molecular complexity index is 789. The molecule has 0 amide bonds. The Labute approximate surface area is 115 Å². The average Bonchev–Trinajstić information content (AvgIpc) is 2.89. The predicted octanol–water partition coefficient (Wildman–Crippen LogP) is 3.34. The summed E-state index contributed by atoms with van der Waals surface area (Å²) in [5, 5.41) is 9.91. The number of fused-ring (bicyclic) bond motifs is 1. The number of rotatable bonds is 3. The first-order valence-corrected chi connectivity index (χ1v) is 6.18. The van der Waals surface area contributed by atoms with Gasteiger partial charge in [-0.2, -0.15) is 0 Å². The number of nitrogens with zero attached hydrogens (tertiary/aromatic N) is 1. The van der Waals surface area contributed by atoms with Gasteiger partial charge in [-0.25, -0.2) is 4.79 Å². The Morgan fingerprint density at radius 2 is 1.95 bits per heavy atom. The molecule has 20 heavy (non-hydrogen) atoms. The number of para-hydroxylation sites is 2. The highest BCUT2D eigenvalue weighted by molar-refractivity contribution is 5.94. The molecule has 0 unspecified atom stereocenters. The number of aromatic nitrogens is 1.